The van der Waals surface area contributed by atoms with Crippen molar-refractivity contribution in [2.75, 3.05) is 6.61 Å². The van der Waals surface area contributed by atoms with Gasteiger partial charge in [-0.1, -0.05) is 24.0 Å². The van der Waals surface area contributed by atoms with Gasteiger partial charge in [-0.15, -0.1) is 5.10 Å². The number of ether oxygens (including phenoxy) is 1. The fourth-order valence-electron chi connectivity index (χ4n) is 3.14. The first-order valence-electron chi connectivity index (χ1n) is 9.72. The van der Waals surface area contributed by atoms with Crippen LogP contribution in [0.15, 0.2) is 82.5 Å². The molecule has 0 fully saturated rings. The molecule has 0 bridgehead atoms. The predicted octanol–water partition coefficient (Wildman–Crippen LogP) is 4.33. The van der Waals surface area contributed by atoms with Gasteiger partial charge in [-0.2, -0.15) is 9.50 Å². The fourth-order valence-corrected chi connectivity index (χ4v) is 4.03. The Labute approximate surface area is 185 Å². The molecular weight excluding hydrogens is 429 g/mol. The number of aromatic nitrogens is 3. The molecule has 3 heterocycles. The van der Waals surface area contributed by atoms with Gasteiger partial charge in [0.25, 0.3) is 5.56 Å². The molecule has 5 rings (SSSR count). The smallest absolute Gasteiger partial charge is 0.291 e. The van der Waals surface area contributed by atoms with Crippen LogP contribution in [0.3, 0.4) is 0 Å². The highest BCUT2D eigenvalue weighted by Crippen LogP contribution is 2.23. The molecule has 0 saturated carbocycles. The van der Waals surface area contributed by atoms with Crippen LogP contribution in [-0.2, 0) is 0 Å². The van der Waals surface area contributed by atoms with Crippen molar-refractivity contribution in [3.05, 3.63) is 99.8 Å². The van der Waals surface area contributed by atoms with Crippen LogP contribution in [0.2, 0.25) is 0 Å². The Bertz CT molecular complexity index is 1520. The molecule has 0 aliphatic rings. The van der Waals surface area contributed by atoms with Gasteiger partial charge in [0.15, 0.2) is 5.82 Å². The molecule has 5 aromatic rings. The maximum absolute atomic E-state index is 13.1. The van der Waals surface area contributed by atoms with E-state index >= 15 is 0 Å². The van der Waals surface area contributed by atoms with Crippen LogP contribution in [0.25, 0.3) is 33.7 Å². The van der Waals surface area contributed by atoms with Crippen molar-refractivity contribution in [3.8, 4) is 28.5 Å². The second-order valence-corrected chi connectivity index (χ2v) is 7.89. The number of fused-ring (bicyclic) bond motifs is 1. The normalized spacial score (nSPS) is 11.8. The van der Waals surface area contributed by atoms with E-state index in [2.05, 4.69) is 16.7 Å². The van der Waals surface area contributed by atoms with Crippen LogP contribution in [0, 0.1) is 5.82 Å². The second-order valence-electron chi connectivity index (χ2n) is 6.88. The van der Waals surface area contributed by atoms with E-state index in [1.165, 1.54) is 28.0 Å². The van der Waals surface area contributed by atoms with Crippen molar-refractivity contribution < 1.29 is 13.5 Å². The van der Waals surface area contributed by atoms with Crippen molar-refractivity contribution in [2.24, 2.45) is 0 Å². The van der Waals surface area contributed by atoms with Crippen molar-refractivity contribution in [1.29, 1.82) is 0 Å². The Morgan fingerprint density at radius 3 is 2.53 bits per heavy atom. The third-order valence-corrected chi connectivity index (χ3v) is 5.65. The maximum atomic E-state index is 13.1. The number of halogens is 1. The molecule has 0 amide bonds. The van der Waals surface area contributed by atoms with Crippen LogP contribution in [-0.4, -0.2) is 21.2 Å². The molecule has 0 N–H and O–H groups in total. The van der Waals surface area contributed by atoms with Gasteiger partial charge in [0, 0.05) is 17.2 Å². The van der Waals surface area contributed by atoms with Crippen LogP contribution in [0.5, 0.6) is 5.75 Å². The zero-order valence-electron chi connectivity index (χ0n) is 16.7. The minimum absolute atomic E-state index is 0.269. The Kier molecular flexibility index (Phi) is 5.12. The molecule has 0 radical (unpaired) electrons. The summed E-state index contributed by atoms with van der Waals surface area (Å²) in [6, 6.07) is 16.9. The zero-order chi connectivity index (χ0) is 22.1. The van der Waals surface area contributed by atoms with Gasteiger partial charge in [0.05, 0.1) is 0 Å². The van der Waals surface area contributed by atoms with Crippen LogP contribution in [0.4, 0.5) is 4.39 Å². The lowest BCUT2D eigenvalue weighted by atomic mass is 10.2. The monoisotopic (exact) mass is 445 g/mol. The Hall–Kier alpha value is -4.04. The average molecular weight is 445 g/mol. The van der Waals surface area contributed by atoms with E-state index in [1.54, 1.807) is 36.4 Å². The summed E-state index contributed by atoms with van der Waals surface area (Å²) in [5, 5.41) is 4.36. The van der Waals surface area contributed by atoms with E-state index < -0.39 is 0 Å². The van der Waals surface area contributed by atoms with Crippen molar-refractivity contribution in [3.63, 3.8) is 0 Å². The summed E-state index contributed by atoms with van der Waals surface area (Å²) in [7, 11) is 0. The van der Waals surface area contributed by atoms with E-state index in [-0.39, 0.29) is 11.4 Å². The first-order chi connectivity index (χ1) is 15.6. The number of furan rings is 1. The van der Waals surface area contributed by atoms with E-state index in [0.717, 1.165) is 16.9 Å². The highest BCUT2D eigenvalue weighted by Gasteiger charge is 2.13. The van der Waals surface area contributed by atoms with E-state index in [1.807, 2.05) is 24.3 Å². The molecular formula is C24H16FN3O3S. The summed E-state index contributed by atoms with van der Waals surface area (Å²) < 4.78 is 26.1. The third-order valence-electron chi connectivity index (χ3n) is 4.69. The minimum atomic E-state index is -0.311. The third kappa shape index (κ3) is 3.83. The van der Waals surface area contributed by atoms with Gasteiger partial charge in [-0.05, 0) is 60.7 Å². The average Bonchev–Trinajstić information content (AvgIpc) is 3.51. The molecule has 6 nitrogen and oxygen atoms in total. The standard InChI is InChI=1S/C24H16FN3O3S/c1-2-13-30-18-9-5-16(6-10-18)22-26-24-28(27-22)23(29)21(32-24)14-19-11-12-20(31-19)15-3-7-17(25)8-4-15/h2-12,14H,1,13H2. The lowest BCUT2D eigenvalue weighted by molar-refractivity contribution is 0.363. The van der Waals surface area contributed by atoms with Crippen LogP contribution in [0.1, 0.15) is 5.76 Å². The summed E-state index contributed by atoms with van der Waals surface area (Å²) in [5.74, 6) is 1.97. The van der Waals surface area contributed by atoms with E-state index in [4.69, 9.17) is 9.15 Å². The summed E-state index contributed by atoms with van der Waals surface area (Å²) >= 11 is 1.23. The van der Waals surface area contributed by atoms with Crippen molar-refractivity contribution in [2.45, 2.75) is 0 Å². The first-order valence-corrected chi connectivity index (χ1v) is 10.5. The molecule has 0 spiro atoms. The lowest BCUT2D eigenvalue weighted by Crippen LogP contribution is -2.23. The Morgan fingerprint density at radius 2 is 1.81 bits per heavy atom. The largest absolute Gasteiger partial charge is 0.490 e. The SMILES string of the molecule is C=CCOc1ccc(-c2nc3sc(=Cc4ccc(-c5ccc(F)cc5)o4)c(=O)n3n2)cc1. The molecule has 0 aliphatic heterocycles. The van der Waals surface area contributed by atoms with Gasteiger partial charge >= 0.3 is 0 Å². The summed E-state index contributed by atoms with van der Waals surface area (Å²) in [4.78, 5) is 17.8. The zero-order valence-corrected chi connectivity index (χ0v) is 17.5. The molecule has 8 heteroatoms. The summed E-state index contributed by atoms with van der Waals surface area (Å²) in [6.07, 6.45) is 3.33. The lowest BCUT2D eigenvalue weighted by Gasteiger charge is -2.02. The molecule has 158 valence electrons. The van der Waals surface area contributed by atoms with Crippen molar-refractivity contribution >= 4 is 22.4 Å². The van der Waals surface area contributed by atoms with Gasteiger partial charge in [-0.25, -0.2) is 4.39 Å². The molecule has 0 atom stereocenters. The highest BCUT2D eigenvalue weighted by molar-refractivity contribution is 7.15. The molecule has 0 unspecified atom stereocenters. The molecule has 32 heavy (non-hydrogen) atoms. The quantitative estimate of drug-likeness (QED) is 0.364. The Morgan fingerprint density at radius 1 is 1.06 bits per heavy atom. The van der Waals surface area contributed by atoms with Crippen LogP contribution < -0.4 is 14.8 Å². The number of benzene rings is 2. The molecule has 2 aromatic carbocycles. The van der Waals surface area contributed by atoms with Crippen LogP contribution >= 0.6 is 11.3 Å². The molecule has 0 saturated heterocycles. The fraction of sp³-hybridized carbons (Fsp3) is 0.0417. The van der Waals surface area contributed by atoms with Crippen molar-refractivity contribution in [1.82, 2.24) is 14.6 Å². The number of thiazole rings is 1. The van der Waals surface area contributed by atoms with Gasteiger partial charge < -0.3 is 9.15 Å². The first kappa shape index (κ1) is 19.9. The topological polar surface area (TPSA) is 69.6 Å². The number of hydrogen-bond donors (Lipinski definition) is 0. The Balaban J connectivity index is 1.43. The summed E-state index contributed by atoms with van der Waals surface area (Å²) in [6.45, 7) is 4.05. The number of rotatable bonds is 6. The predicted molar refractivity (Wildman–Crippen MR) is 121 cm³/mol. The van der Waals surface area contributed by atoms with Gasteiger partial charge in [0.1, 0.15) is 34.2 Å². The van der Waals surface area contributed by atoms with E-state index in [9.17, 15) is 9.18 Å². The highest BCUT2D eigenvalue weighted by atomic mass is 32.1. The minimum Gasteiger partial charge on any atom is -0.490 e. The van der Waals surface area contributed by atoms with Gasteiger partial charge in [0.2, 0.25) is 4.96 Å². The number of nitrogens with zero attached hydrogens (tertiary/aromatic N) is 3. The van der Waals surface area contributed by atoms with E-state index in [0.29, 0.717) is 33.4 Å². The second kappa shape index (κ2) is 8.24. The number of hydrogen-bond acceptors (Lipinski definition) is 6. The summed E-state index contributed by atoms with van der Waals surface area (Å²) in [5.41, 5.74) is 1.27. The molecule has 3 aromatic heterocycles. The van der Waals surface area contributed by atoms with Gasteiger partial charge in [-0.3, -0.25) is 4.79 Å². The maximum Gasteiger partial charge on any atom is 0.291 e. The molecule has 0 aliphatic carbocycles.